The molecule has 0 bridgehead atoms. The fourth-order valence-electron chi connectivity index (χ4n) is 2.32. The lowest BCUT2D eigenvalue weighted by molar-refractivity contribution is -0.384. The largest absolute Gasteiger partial charge is 0.302 e. The van der Waals surface area contributed by atoms with Crippen LogP contribution in [0.1, 0.15) is 18.1 Å². The normalized spacial score (nSPS) is 10.7. The number of hydrogen-bond donors (Lipinski definition) is 0. The highest BCUT2D eigenvalue weighted by Crippen LogP contribution is 2.38. The Morgan fingerprint density at radius 2 is 1.88 bits per heavy atom. The molecule has 0 atom stereocenters. The SMILES string of the molecule is CCN(C)Cc1ccc(-c2c(Cl)cc([N+](=O)[O-])cc2Cl)cc1C#N. The zero-order valence-electron chi connectivity index (χ0n) is 13.2. The minimum Gasteiger partial charge on any atom is -0.302 e. The Balaban J connectivity index is 2.51. The molecule has 24 heavy (non-hydrogen) atoms. The maximum atomic E-state index is 10.9. The lowest BCUT2D eigenvalue weighted by atomic mass is 9.99. The Morgan fingerprint density at radius 1 is 1.25 bits per heavy atom. The number of benzene rings is 2. The second-order valence-corrected chi connectivity index (χ2v) is 6.17. The average Bonchev–Trinajstić information content (AvgIpc) is 2.54. The number of nitrogens with zero attached hydrogens (tertiary/aromatic N) is 3. The Bertz CT molecular complexity index is 808. The van der Waals surface area contributed by atoms with Gasteiger partial charge in [-0.2, -0.15) is 5.26 Å². The molecule has 0 fully saturated rings. The molecule has 0 spiro atoms. The summed E-state index contributed by atoms with van der Waals surface area (Å²) in [6, 6.07) is 10.1. The fraction of sp³-hybridized carbons (Fsp3) is 0.235. The van der Waals surface area contributed by atoms with Crippen molar-refractivity contribution in [3.63, 3.8) is 0 Å². The standard InChI is InChI=1S/C17H15Cl2N3O2/c1-3-21(2)10-12-5-4-11(6-13(12)9-20)17-15(18)7-14(22(23)24)8-16(17)19/h4-8H,3,10H2,1-2H3. The highest BCUT2D eigenvalue weighted by molar-refractivity contribution is 6.39. The van der Waals surface area contributed by atoms with E-state index in [-0.39, 0.29) is 15.7 Å². The summed E-state index contributed by atoms with van der Waals surface area (Å²) in [5.74, 6) is 0. The van der Waals surface area contributed by atoms with E-state index in [1.807, 2.05) is 26.1 Å². The molecule has 0 radical (unpaired) electrons. The lowest BCUT2D eigenvalue weighted by Crippen LogP contribution is -2.17. The van der Waals surface area contributed by atoms with Crippen LogP contribution in [0.15, 0.2) is 30.3 Å². The van der Waals surface area contributed by atoms with Crippen molar-refractivity contribution >= 4 is 28.9 Å². The molecule has 0 aromatic heterocycles. The molecule has 0 aliphatic carbocycles. The molecule has 0 saturated heterocycles. The van der Waals surface area contributed by atoms with E-state index in [0.717, 1.165) is 12.1 Å². The maximum absolute atomic E-state index is 10.9. The molecular formula is C17H15Cl2N3O2. The lowest BCUT2D eigenvalue weighted by Gasteiger charge is -2.16. The predicted molar refractivity (Wildman–Crippen MR) is 95.3 cm³/mol. The van der Waals surface area contributed by atoms with Crippen LogP contribution in [-0.4, -0.2) is 23.4 Å². The molecule has 0 heterocycles. The van der Waals surface area contributed by atoms with Crippen molar-refractivity contribution in [3.8, 4) is 17.2 Å². The monoisotopic (exact) mass is 363 g/mol. The van der Waals surface area contributed by atoms with Gasteiger partial charge in [0.2, 0.25) is 0 Å². The summed E-state index contributed by atoms with van der Waals surface area (Å²) in [6.07, 6.45) is 0. The van der Waals surface area contributed by atoms with Crippen molar-refractivity contribution in [1.82, 2.24) is 4.90 Å². The average molecular weight is 364 g/mol. The van der Waals surface area contributed by atoms with E-state index < -0.39 is 4.92 Å². The first kappa shape index (κ1) is 18.2. The van der Waals surface area contributed by atoms with Crippen LogP contribution < -0.4 is 0 Å². The second-order valence-electron chi connectivity index (χ2n) is 5.36. The Hall–Kier alpha value is -2.13. The van der Waals surface area contributed by atoms with Gasteiger partial charge >= 0.3 is 0 Å². The van der Waals surface area contributed by atoms with E-state index in [1.165, 1.54) is 12.1 Å². The molecule has 2 aromatic carbocycles. The summed E-state index contributed by atoms with van der Waals surface area (Å²) in [7, 11) is 1.97. The molecule has 0 amide bonds. The van der Waals surface area contributed by atoms with Gasteiger partial charge in [-0.05, 0) is 30.8 Å². The van der Waals surface area contributed by atoms with Crippen LogP contribution in [-0.2, 0) is 6.54 Å². The van der Waals surface area contributed by atoms with Gasteiger partial charge in [0.15, 0.2) is 0 Å². The highest BCUT2D eigenvalue weighted by Gasteiger charge is 2.17. The van der Waals surface area contributed by atoms with Crippen molar-refractivity contribution in [1.29, 1.82) is 5.26 Å². The highest BCUT2D eigenvalue weighted by atomic mass is 35.5. The minimum absolute atomic E-state index is 0.171. The van der Waals surface area contributed by atoms with Gasteiger partial charge < -0.3 is 4.90 Å². The topological polar surface area (TPSA) is 70.2 Å². The fourth-order valence-corrected chi connectivity index (χ4v) is 3.01. The minimum atomic E-state index is -0.550. The molecule has 0 aliphatic rings. The van der Waals surface area contributed by atoms with E-state index in [0.29, 0.717) is 23.2 Å². The molecule has 7 heteroatoms. The van der Waals surface area contributed by atoms with Crippen LogP contribution in [0.25, 0.3) is 11.1 Å². The van der Waals surface area contributed by atoms with Gasteiger partial charge in [-0.3, -0.25) is 10.1 Å². The molecule has 0 saturated carbocycles. The first-order chi connectivity index (χ1) is 11.4. The van der Waals surface area contributed by atoms with Crippen LogP contribution in [0.2, 0.25) is 10.0 Å². The first-order valence-corrected chi connectivity index (χ1v) is 7.98. The van der Waals surface area contributed by atoms with E-state index in [1.54, 1.807) is 6.07 Å². The van der Waals surface area contributed by atoms with E-state index in [9.17, 15) is 15.4 Å². The summed E-state index contributed by atoms with van der Waals surface area (Å²) < 4.78 is 0. The van der Waals surface area contributed by atoms with Crippen LogP contribution in [0.5, 0.6) is 0 Å². The number of halogens is 2. The number of hydrogen-bond acceptors (Lipinski definition) is 4. The van der Waals surface area contributed by atoms with Crippen molar-refractivity contribution in [2.75, 3.05) is 13.6 Å². The van der Waals surface area contributed by atoms with E-state index in [2.05, 4.69) is 11.0 Å². The summed E-state index contributed by atoms with van der Waals surface area (Å²) in [5, 5.41) is 20.6. The Labute approximate surface area is 150 Å². The van der Waals surface area contributed by atoms with Crippen LogP contribution in [0.4, 0.5) is 5.69 Å². The summed E-state index contributed by atoms with van der Waals surface area (Å²) in [5.41, 5.74) is 2.39. The van der Waals surface area contributed by atoms with Gasteiger partial charge in [-0.25, -0.2) is 0 Å². The smallest absolute Gasteiger partial charge is 0.272 e. The third-order valence-electron chi connectivity index (χ3n) is 3.74. The summed E-state index contributed by atoms with van der Waals surface area (Å²) in [6.45, 7) is 3.56. The van der Waals surface area contributed by atoms with Gasteiger partial charge in [-0.1, -0.05) is 42.3 Å². The van der Waals surface area contributed by atoms with Crippen molar-refractivity contribution in [3.05, 3.63) is 61.6 Å². The van der Waals surface area contributed by atoms with Crippen molar-refractivity contribution in [2.45, 2.75) is 13.5 Å². The molecule has 2 aromatic rings. The van der Waals surface area contributed by atoms with Crippen LogP contribution in [0, 0.1) is 21.4 Å². The number of nitriles is 1. The molecule has 2 rings (SSSR count). The van der Waals surface area contributed by atoms with Crippen molar-refractivity contribution < 1.29 is 4.92 Å². The zero-order valence-corrected chi connectivity index (χ0v) is 14.7. The molecule has 0 unspecified atom stereocenters. The third-order valence-corrected chi connectivity index (χ3v) is 4.33. The Kier molecular flexibility index (Phi) is 5.79. The molecule has 124 valence electrons. The number of nitro groups is 1. The van der Waals surface area contributed by atoms with Gasteiger partial charge in [-0.15, -0.1) is 0 Å². The zero-order chi connectivity index (χ0) is 17.9. The number of nitro benzene ring substituents is 1. The quantitative estimate of drug-likeness (QED) is 0.559. The Morgan fingerprint density at radius 3 is 2.38 bits per heavy atom. The maximum Gasteiger partial charge on any atom is 0.272 e. The van der Waals surface area contributed by atoms with E-state index >= 15 is 0 Å². The first-order valence-electron chi connectivity index (χ1n) is 7.22. The molecule has 5 nitrogen and oxygen atoms in total. The van der Waals surface area contributed by atoms with Gasteiger partial charge in [0.1, 0.15) is 0 Å². The van der Waals surface area contributed by atoms with Crippen LogP contribution in [0.3, 0.4) is 0 Å². The van der Waals surface area contributed by atoms with Gasteiger partial charge in [0, 0.05) is 24.2 Å². The second kappa shape index (κ2) is 7.63. The molecule has 0 aliphatic heterocycles. The predicted octanol–water partition coefficient (Wildman–Crippen LogP) is 4.89. The van der Waals surface area contributed by atoms with Gasteiger partial charge in [0.05, 0.1) is 26.6 Å². The molecular weight excluding hydrogens is 349 g/mol. The number of rotatable bonds is 5. The number of non-ortho nitro benzene ring substituents is 1. The van der Waals surface area contributed by atoms with E-state index in [4.69, 9.17) is 23.2 Å². The van der Waals surface area contributed by atoms with Gasteiger partial charge in [0.25, 0.3) is 5.69 Å². The summed E-state index contributed by atoms with van der Waals surface area (Å²) in [4.78, 5) is 12.4. The summed E-state index contributed by atoms with van der Waals surface area (Å²) >= 11 is 12.4. The third kappa shape index (κ3) is 3.85. The van der Waals surface area contributed by atoms with Crippen molar-refractivity contribution in [2.24, 2.45) is 0 Å². The molecule has 0 N–H and O–H groups in total. The van der Waals surface area contributed by atoms with Crippen LogP contribution >= 0.6 is 23.2 Å².